The zero-order valence-electron chi connectivity index (χ0n) is 51.5. The number of rotatable bonds is 45. The maximum absolute atomic E-state index is 14.6. The van der Waals surface area contributed by atoms with Gasteiger partial charge in [-0.1, -0.05) is 75.7 Å². The highest BCUT2D eigenvalue weighted by Crippen LogP contribution is 2.16. The molecule has 0 radical (unpaired) electrons. The van der Waals surface area contributed by atoms with Crippen LogP contribution in [0.4, 0.5) is 0 Å². The second-order valence-electron chi connectivity index (χ2n) is 23.3. The van der Waals surface area contributed by atoms with Crippen LogP contribution < -0.4 is 88.0 Å². The minimum atomic E-state index is -1.32. The Balaban J connectivity index is 7.12. The number of hydrogen-bond acceptors (Lipinski definition) is 15. The molecule has 83 heavy (non-hydrogen) atoms. The van der Waals surface area contributed by atoms with Crippen LogP contribution in [-0.4, -0.2) is 152 Å². The molecule has 478 valence electrons. The van der Waals surface area contributed by atoms with E-state index in [0.29, 0.717) is 51.5 Å². The first-order valence-corrected chi connectivity index (χ1v) is 29.9. The first-order valence-electron chi connectivity index (χ1n) is 29.9. The summed E-state index contributed by atoms with van der Waals surface area (Å²) in [5.74, 6) is -7.75. The van der Waals surface area contributed by atoms with Gasteiger partial charge in [-0.3, -0.25) is 52.9 Å². The summed E-state index contributed by atoms with van der Waals surface area (Å²) in [6.07, 6.45) is 4.38. The van der Waals surface area contributed by atoms with E-state index in [0.717, 1.165) is 0 Å². The number of guanidine groups is 1. The summed E-state index contributed by atoms with van der Waals surface area (Å²) < 4.78 is 0. The second-order valence-corrected chi connectivity index (χ2v) is 23.3. The first-order chi connectivity index (χ1) is 39.0. The van der Waals surface area contributed by atoms with Crippen molar-refractivity contribution in [2.24, 2.45) is 74.7 Å². The lowest BCUT2D eigenvalue weighted by atomic mass is 9.96. The third-order valence-electron chi connectivity index (χ3n) is 13.7. The van der Waals surface area contributed by atoms with Crippen LogP contribution in [0, 0.1) is 29.6 Å². The molecule has 27 nitrogen and oxygen atoms in total. The van der Waals surface area contributed by atoms with Gasteiger partial charge in [0.05, 0.1) is 6.54 Å². The molecule has 27 heteroatoms. The van der Waals surface area contributed by atoms with Crippen LogP contribution in [0.25, 0.3) is 0 Å². The van der Waals surface area contributed by atoms with Gasteiger partial charge in [0.15, 0.2) is 5.96 Å². The molecule has 0 aromatic carbocycles. The Bertz CT molecular complexity index is 2040. The Morgan fingerprint density at radius 1 is 0.361 bits per heavy atom. The topological polar surface area (TPSA) is 473 Å². The monoisotopic (exact) mass is 1180 g/mol. The van der Waals surface area contributed by atoms with Gasteiger partial charge in [0, 0.05) is 6.54 Å². The van der Waals surface area contributed by atoms with E-state index in [9.17, 15) is 47.9 Å². The number of hydrogen-bond donors (Lipinski definition) is 16. The van der Waals surface area contributed by atoms with Crippen molar-refractivity contribution >= 4 is 65.0 Å². The molecular formula is C56H109N17O10. The largest absolute Gasteiger partial charge is 0.370 e. The Kier molecular flexibility index (Phi) is 39.4. The zero-order valence-corrected chi connectivity index (χ0v) is 51.5. The molecule has 0 aromatic rings. The van der Waals surface area contributed by atoms with Gasteiger partial charge in [-0.25, -0.2) is 0 Å². The molecule has 23 N–H and O–H groups in total. The van der Waals surface area contributed by atoms with E-state index >= 15 is 0 Å². The van der Waals surface area contributed by atoms with E-state index < -0.39 is 119 Å². The summed E-state index contributed by atoms with van der Waals surface area (Å²) >= 11 is 0. The number of carbonyl (C=O) groups excluding carboxylic acids is 10. The van der Waals surface area contributed by atoms with Crippen molar-refractivity contribution in [3.05, 3.63) is 0 Å². The molecule has 10 amide bonds. The molecule has 10 atom stereocenters. The van der Waals surface area contributed by atoms with Crippen LogP contribution in [0.3, 0.4) is 0 Å². The van der Waals surface area contributed by atoms with Gasteiger partial charge in [0.1, 0.15) is 54.4 Å². The summed E-state index contributed by atoms with van der Waals surface area (Å²) in [5.41, 5.74) is 39.8. The van der Waals surface area contributed by atoms with Crippen LogP contribution in [0.2, 0.25) is 0 Å². The quantitative estimate of drug-likeness (QED) is 0.0187. The molecule has 0 aliphatic carbocycles. The number of nitrogens with two attached hydrogens (primary N) is 7. The van der Waals surface area contributed by atoms with Gasteiger partial charge in [-0.05, 0) is 146 Å². The van der Waals surface area contributed by atoms with Gasteiger partial charge in [0.2, 0.25) is 59.1 Å². The van der Waals surface area contributed by atoms with Crippen LogP contribution in [0.5, 0.6) is 0 Å². The summed E-state index contributed by atoms with van der Waals surface area (Å²) in [6, 6.07) is -10.5. The lowest BCUT2D eigenvalue weighted by Crippen LogP contribution is -2.61. The van der Waals surface area contributed by atoms with Gasteiger partial charge in [0.25, 0.3) is 0 Å². The molecule has 0 aliphatic heterocycles. The average Bonchev–Trinajstić information content (AvgIpc) is 3.43. The molecule has 0 aromatic heterocycles. The third kappa shape index (κ3) is 33.0. The van der Waals surface area contributed by atoms with E-state index in [1.54, 1.807) is 13.8 Å². The summed E-state index contributed by atoms with van der Waals surface area (Å²) in [7, 11) is 0. The van der Waals surface area contributed by atoms with Gasteiger partial charge >= 0.3 is 0 Å². The molecule has 0 rings (SSSR count). The third-order valence-corrected chi connectivity index (χ3v) is 13.7. The Labute approximate surface area is 493 Å². The van der Waals surface area contributed by atoms with E-state index in [1.807, 2.05) is 55.4 Å². The van der Waals surface area contributed by atoms with Crippen molar-refractivity contribution in [3.8, 4) is 0 Å². The normalized spacial score (nSPS) is 15.0. The number of aliphatic imine (C=N–C) groups is 1. The molecule has 0 fully saturated rings. The van der Waals surface area contributed by atoms with Crippen LogP contribution in [-0.2, 0) is 47.9 Å². The smallest absolute Gasteiger partial charge is 0.243 e. The van der Waals surface area contributed by atoms with E-state index in [2.05, 4.69) is 52.8 Å². The number of amides is 10. The van der Waals surface area contributed by atoms with Gasteiger partial charge in [-0.15, -0.1) is 0 Å². The number of carbonyl (C=O) groups is 10. The SMILES string of the molecule is CC[C@H](C)[C@H](NC(=O)[C@H](CCCN=C(N)N)NC(=O)[C@H](CCCCN)NC(=O)[C@H](CC(C)C)NC(=O)[C@H](CC(C)C)NC(=O)CN)C(=O)N[C@@H](CCCCN)C(=O)N[C@@H](CCCCN)C(=O)N[C@@H](CC(C)C)C(=O)N[C@@H](CC(C)C)C(N)=O. The van der Waals surface area contributed by atoms with Crippen molar-refractivity contribution in [3.63, 3.8) is 0 Å². The number of primary amides is 1. The molecular weight excluding hydrogens is 1070 g/mol. The average molecular weight is 1180 g/mol. The fourth-order valence-electron chi connectivity index (χ4n) is 8.99. The Morgan fingerprint density at radius 3 is 0.964 bits per heavy atom. The number of nitrogens with one attached hydrogen (secondary N) is 9. The number of unbranched alkanes of at least 4 members (excludes halogenated alkanes) is 3. The standard InChI is InChI=1S/C56H109N17O10/c1-11-36(10)46(55(83)69-39(21-14-17-25-59)49(77)66-38(20-13-16-24-58)50(78)71-44(30-35(8)9)54(82)70-41(47(61)75)27-32(2)3)73-51(79)40(22-18-26-64-56(62)63)67-48(76)37(19-12-15-23-57)68-53(81)43(29-34(6)7)72-52(80)42(28-33(4)5)65-45(74)31-60/h32-44,46H,11-31,57-60H2,1-10H3,(H2,61,75)(H,65,74)(H,66,77)(H,67,76)(H,68,81)(H,69,83)(H,70,82)(H,71,78)(H,72,80)(H,73,79)(H4,62,63,64)/t36-,37-,38-,39-,40-,41-,42-,43-,44-,46-/m0/s1. The summed E-state index contributed by atoms with van der Waals surface area (Å²) in [6.45, 7) is 19.0. The van der Waals surface area contributed by atoms with Crippen LogP contribution in [0.1, 0.15) is 172 Å². The van der Waals surface area contributed by atoms with E-state index in [-0.39, 0.29) is 114 Å². The molecule has 0 saturated carbocycles. The molecule has 0 spiro atoms. The van der Waals surface area contributed by atoms with Crippen LogP contribution in [0.15, 0.2) is 4.99 Å². The van der Waals surface area contributed by atoms with Crippen molar-refractivity contribution in [1.29, 1.82) is 0 Å². The first kappa shape index (κ1) is 76.8. The maximum atomic E-state index is 14.6. The summed E-state index contributed by atoms with van der Waals surface area (Å²) in [4.78, 5) is 142. The van der Waals surface area contributed by atoms with Crippen molar-refractivity contribution in [1.82, 2.24) is 47.9 Å². The molecule has 0 aliphatic rings. The van der Waals surface area contributed by atoms with Gasteiger partial charge < -0.3 is 88.0 Å². The zero-order chi connectivity index (χ0) is 63.4. The number of nitrogens with zero attached hydrogens (tertiary/aromatic N) is 1. The lowest BCUT2D eigenvalue weighted by molar-refractivity contribution is -0.137. The lowest BCUT2D eigenvalue weighted by Gasteiger charge is -2.30. The van der Waals surface area contributed by atoms with Gasteiger partial charge in [-0.2, -0.15) is 0 Å². The highest BCUT2D eigenvalue weighted by Gasteiger charge is 2.37. The Morgan fingerprint density at radius 2 is 0.651 bits per heavy atom. The van der Waals surface area contributed by atoms with Crippen molar-refractivity contribution in [2.45, 2.75) is 226 Å². The molecule has 0 saturated heterocycles. The molecule has 0 bridgehead atoms. The van der Waals surface area contributed by atoms with E-state index in [4.69, 9.17) is 40.1 Å². The summed E-state index contributed by atoms with van der Waals surface area (Å²) in [5, 5.41) is 24.8. The second kappa shape index (κ2) is 42.6. The van der Waals surface area contributed by atoms with Crippen molar-refractivity contribution < 1.29 is 47.9 Å². The van der Waals surface area contributed by atoms with Crippen molar-refractivity contribution in [2.75, 3.05) is 32.7 Å². The molecule has 0 heterocycles. The maximum Gasteiger partial charge on any atom is 0.243 e. The fraction of sp³-hybridized carbons (Fsp3) is 0.804. The predicted molar refractivity (Wildman–Crippen MR) is 322 cm³/mol. The van der Waals surface area contributed by atoms with Crippen LogP contribution >= 0.6 is 0 Å². The minimum absolute atomic E-state index is 0.0122. The Hall–Kier alpha value is -6.19. The fourth-order valence-corrected chi connectivity index (χ4v) is 8.99. The predicted octanol–water partition coefficient (Wildman–Crippen LogP) is -1.54. The highest BCUT2D eigenvalue weighted by atomic mass is 16.2. The minimum Gasteiger partial charge on any atom is -0.370 e. The van der Waals surface area contributed by atoms with E-state index in [1.165, 1.54) is 0 Å². The highest BCUT2D eigenvalue weighted by molar-refractivity contribution is 5.98. The molecule has 0 unspecified atom stereocenters.